The predicted molar refractivity (Wildman–Crippen MR) is 103 cm³/mol. The van der Waals surface area contributed by atoms with Crippen molar-refractivity contribution in [3.63, 3.8) is 0 Å². The topological polar surface area (TPSA) is 82.7 Å². The molecule has 1 aliphatic heterocycles. The molecule has 1 aromatic carbocycles. The number of carbonyl (C=O) groups is 1. The molecule has 1 saturated heterocycles. The maximum atomic E-state index is 11.6. The summed E-state index contributed by atoms with van der Waals surface area (Å²) >= 11 is 0. The molecular weight excluding hydrogens is 328 g/mol. The number of nitrogen functional groups attached to an aromatic ring is 1. The second kappa shape index (κ2) is 8.19. The number of nitrogens with two attached hydrogens (primary N) is 1. The minimum Gasteiger partial charge on any atom is -0.481 e. The molecule has 2 heterocycles. The van der Waals surface area contributed by atoms with Crippen molar-refractivity contribution < 1.29 is 9.90 Å². The van der Waals surface area contributed by atoms with Crippen LogP contribution < -0.4 is 10.6 Å². The number of hydrogen-bond donors (Lipinski definition) is 2. The van der Waals surface area contributed by atoms with Gasteiger partial charge in [0.2, 0.25) is 0 Å². The first-order chi connectivity index (χ1) is 12.6. The van der Waals surface area contributed by atoms with E-state index in [1.165, 1.54) is 5.56 Å². The maximum absolute atomic E-state index is 11.6. The first-order valence-electron chi connectivity index (χ1n) is 8.87. The lowest BCUT2D eigenvalue weighted by Crippen LogP contribution is -2.46. The quantitative estimate of drug-likeness (QED) is 0.776. The Morgan fingerprint density at radius 1 is 1.23 bits per heavy atom. The van der Waals surface area contributed by atoms with Crippen LogP contribution in [0.3, 0.4) is 0 Å². The van der Waals surface area contributed by atoms with Gasteiger partial charge in [-0.3, -0.25) is 9.69 Å². The zero-order valence-electron chi connectivity index (χ0n) is 15.0. The van der Waals surface area contributed by atoms with Gasteiger partial charge < -0.3 is 15.7 Å². The van der Waals surface area contributed by atoms with Crippen molar-refractivity contribution in [2.75, 3.05) is 36.8 Å². The number of carboxylic acid groups (broad SMARTS) is 1. The third-order valence-electron chi connectivity index (χ3n) is 4.81. The number of aliphatic carboxylic acids is 1. The molecular formula is C20H25N4O2. The minimum absolute atomic E-state index is 0.633. The molecule has 1 atom stereocenters. The molecule has 26 heavy (non-hydrogen) atoms. The van der Waals surface area contributed by atoms with Gasteiger partial charge in [-0.2, -0.15) is 0 Å². The Hall–Kier alpha value is -2.60. The first-order valence-corrected chi connectivity index (χ1v) is 8.87. The molecule has 6 heteroatoms. The molecule has 6 nitrogen and oxygen atoms in total. The Bertz CT molecular complexity index is 740. The fraction of sp³-hybridized carbons (Fsp3) is 0.350. The Kier molecular flexibility index (Phi) is 5.73. The maximum Gasteiger partial charge on any atom is 0.311 e. The zero-order chi connectivity index (χ0) is 18.5. The molecule has 1 fully saturated rings. The van der Waals surface area contributed by atoms with Crippen molar-refractivity contribution in [3.05, 3.63) is 60.1 Å². The van der Waals surface area contributed by atoms with E-state index >= 15 is 0 Å². The monoisotopic (exact) mass is 353 g/mol. The van der Waals surface area contributed by atoms with Gasteiger partial charge in [-0.15, -0.1) is 0 Å². The SMILES string of the molecule is C[CH]C(C(=O)O)c1cccnc1N1CCN(Cc2ccc(N)cc2)CC1. The lowest BCUT2D eigenvalue weighted by Gasteiger charge is -2.36. The largest absolute Gasteiger partial charge is 0.481 e. The van der Waals surface area contributed by atoms with E-state index in [1.54, 1.807) is 25.6 Å². The summed E-state index contributed by atoms with van der Waals surface area (Å²) < 4.78 is 0. The number of aromatic nitrogens is 1. The van der Waals surface area contributed by atoms with Gasteiger partial charge in [0.25, 0.3) is 0 Å². The van der Waals surface area contributed by atoms with Crippen LogP contribution in [0.4, 0.5) is 11.5 Å². The summed E-state index contributed by atoms with van der Waals surface area (Å²) in [5.74, 6) is -0.694. The van der Waals surface area contributed by atoms with Crippen molar-refractivity contribution in [1.82, 2.24) is 9.88 Å². The molecule has 1 aliphatic rings. The summed E-state index contributed by atoms with van der Waals surface area (Å²) in [4.78, 5) is 20.6. The highest BCUT2D eigenvalue weighted by molar-refractivity contribution is 5.80. The van der Waals surface area contributed by atoms with Crippen LogP contribution in [0.1, 0.15) is 24.0 Å². The molecule has 1 unspecified atom stereocenters. The number of nitrogens with zero attached hydrogens (tertiary/aromatic N) is 3. The molecule has 1 aromatic heterocycles. The fourth-order valence-electron chi connectivity index (χ4n) is 3.37. The number of rotatable bonds is 6. The smallest absolute Gasteiger partial charge is 0.311 e. The average Bonchev–Trinajstić information content (AvgIpc) is 2.65. The van der Waals surface area contributed by atoms with Crippen molar-refractivity contribution in [2.24, 2.45) is 0 Å². The van der Waals surface area contributed by atoms with Crippen molar-refractivity contribution >= 4 is 17.5 Å². The van der Waals surface area contributed by atoms with Crippen LogP contribution in [-0.2, 0) is 11.3 Å². The Morgan fingerprint density at radius 2 is 1.92 bits per heavy atom. The van der Waals surface area contributed by atoms with Gasteiger partial charge in [0.1, 0.15) is 5.82 Å². The van der Waals surface area contributed by atoms with E-state index in [0.717, 1.165) is 49.8 Å². The number of benzene rings is 1. The fourth-order valence-corrected chi connectivity index (χ4v) is 3.37. The van der Waals surface area contributed by atoms with Gasteiger partial charge in [-0.05, 0) is 30.2 Å². The van der Waals surface area contributed by atoms with E-state index in [1.807, 2.05) is 18.2 Å². The van der Waals surface area contributed by atoms with Gasteiger partial charge in [0, 0.05) is 50.2 Å². The van der Waals surface area contributed by atoms with Crippen LogP contribution in [0.5, 0.6) is 0 Å². The molecule has 3 rings (SSSR count). The van der Waals surface area contributed by atoms with E-state index in [-0.39, 0.29) is 0 Å². The lowest BCUT2D eigenvalue weighted by molar-refractivity contribution is -0.137. The van der Waals surface area contributed by atoms with E-state index in [4.69, 9.17) is 5.73 Å². The average molecular weight is 353 g/mol. The molecule has 0 amide bonds. The van der Waals surface area contributed by atoms with Crippen LogP contribution in [0.2, 0.25) is 0 Å². The van der Waals surface area contributed by atoms with Crippen molar-refractivity contribution in [1.29, 1.82) is 0 Å². The highest BCUT2D eigenvalue weighted by Gasteiger charge is 2.26. The first kappa shape index (κ1) is 18.2. The van der Waals surface area contributed by atoms with Crippen LogP contribution in [0.25, 0.3) is 0 Å². The zero-order valence-corrected chi connectivity index (χ0v) is 15.0. The number of carboxylic acids is 1. The Balaban J connectivity index is 1.66. The second-order valence-corrected chi connectivity index (χ2v) is 6.57. The summed E-state index contributed by atoms with van der Waals surface area (Å²) in [6.07, 6.45) is 3.44. The summed E-state index contributed by atoms with van der Waals surface area (Å²) in [6.45, 7) is 6.15. The predicted octanol–water partition coefficient (Wildman–Crippen LogP) is 2.38. The van der Waals surface area contributed by atoms with Crippen LogP contribution >= 0.6 is 0 Å². The van der Waals surface area contributed by atoms with E-state index < -0.39 is 11.9 Å². The van der Waals surface area contributed by atoms with Crippen LogP contribution in [-0.4, -0.2) is 47.1 Å². The summed E-state index contributed by atoms with van der Waals surface area (Å²) in [5, 5.41) is 9.48. The molecule has 2 aromatic rings. The number of anilines is 2. The summed E-state index contributed by atoms with van der Waals surface area (Å²) in [5.41, 5.74) is 8.53. The standard InChI is InChI=1S/C20H25N4O2/c1-2-17(20(25)26)18-4-3-9-22-19(18)24-12-10-23(11-13-24)14-15-5-7-16(21)8-6-15/h2-9,17H,10-14,21H2,1H3,(H,25,26). The highest BCUT2D eigenvalue weighted by Crippen LogP contribution is 2.28. The van der Waals surface area contributed by atoms with E-state index in [2.05, 4.69) is 26.9 Å². The molecule has 3 N–H and O–H groups in total. The molecule has 0 aliphatic carbocycles. The Morgan fingerprint density at radius 3 is 2.54 bits per heavy atom. The van der Waals surface area contributed by atoms with Gasteiger partial charge in [0.15, 0.2) is 0 Å². The summed E-state index contributed by atoms with van der Waals surface area (Å²) in [6, 6.07) is 11.6. The van der Waals surface area contributed by atoms with Gasteiger partial charge in [-0.1, -0.05) is 25.1 Å². The van der Waals surface area contributed by atoms with Gasteiger partial charge in [-0.25, -0.2) is 4.98 Å². The minimum atomic E-state index is -0.844. The molecule has 1 radical (unpaired) electrons. The van der Waals surface area contributed by atoms with Crippen molar-refractivity contribution in [3.8, 4) is 0 Å². The third kappa shape index (κ3) is 4.14. The molecule has 137 valence electrons. The number of pyridine rings is 1. The third-order valence-corrected chi connectivity index (χ3v) is 4.81. The van der Waals surface area contributed by atoms with Crippen LogP contribution in [0, 0.1) is 6.42 Å². The summed E-state index contributed by atoms with van der Waals surface area (Å²) in [7, 11) is 0. The number of hydrogen-bond acceptors (Lipinski definition) is 5. The molecule has 0 bridgehead atoms. The van der Waals surface area contributed by atoms with Gasteiger partial charge >= 0.3 is 5.97 Å². The molecule has 0 saturated carbocycles. The van der Waals surface area contributed by atoms with Crippen molar-refractivity contribution in [2.45, 2.75) is 19.4 Å². The van der Waals surface area contributed by atoms with E-state index in [0.29, 0.717) is 0 Å². The second-order valence-electron chi connectivity index (χ2n) is 6.57. The Labute approximate surface area is 154 Å². The van der Waals surface area contributed by atoms with Gasteiger partial charge in [0.05, 0.1) is 5.92 Å². The number of piperazine rings is 1. The van der Waals surface area contributed by atoms with E-state index in [9.17, 15) is 9.90 Å². The van der Waals surface area contributed by atoms with Crippen LogP contribution in [0.15, 0.2) is 42.6 Å². The normalized spacial score (nSPS) is 16.4. The molecule has 0 spiro atoms. The highest BCUT2D eigenvalue weighted by atomic mass is 16.4. The lowest BCUT2D eigenvalue weighted by atomic mass is 9.96.